The molecule has 4 nitrogen and oxygen atoms in total. The van der Waals surface area contributed by atoms with Crippen molar-refractivity contribution in [1.29, 1.82) is 0 Å². The second-order valence-corrected chi connectivity index (χ2v) is 5.06. The highest BCUT2D eigenvalue weighted by atomic mass is 127. The van der Waals surface area contributed by atoms with E-state index in [0.717, 1.165) is 54.9 Å². The Bertz CT molecular complexity index is 587. The van der Waals surface area contributed by atoms with Crippen LogP contribution in [-0.4, -0.2) is 43.2 Å². The van der Waals surface area contributed by atoms with E-state index in [0.29, 0.717) is 0 Å². The van der Waals surface area contributed by atoms with Crippen molar-refractivity contribution in [2.45, 2.75) is 20.3 Å². The van der Waals surface area contributed by atoms with E-state index in [-0.39, 0.29) is 50.8 Å². The van der Waals surface area contributed by atoms with E-state index >= 15 is 0 Å². The normalized spacial score (nSPS) is 10.1. The third-order valence-electron chi connectivity index (χ3n) is 3.78. The number of fused-ring (bicyclic) bond motifs is 1. The van der Waals surface area contributed by atoms with Crippen molar-refractivity contribution in [3.8, 4) is 5.75 Å². The van der Waals surface area contributed by atoms with Crippen LogP contribution in [0, 0.1) is 0 Å². The maximum absolute atomic E-state index is 5.37. The van der Waals surface area contributed by atoms with Gasteiger partial charge in [0.05, 0.1) is 18.3 Å². The minimum atomic E-state index is 0. The average Bonchev–Trinajstić information content (AvgIpc) is 2.54. The Morgan fingerprint density at radius 1 is 1.22 bits per heavy atom. The van der Waals surface area contributed by atoms with Gasteiger partial charge in [0, 0.05) is 24.2 Å². The molecule has 0 saturated carbocycles. The lowest BCUT2D eigenvalue weighted by Crippen LogP contribution is -3.00. The molecule has 1 aromatic heterocycles. The number of nitrogens with zero attached hydrogens (tertiary/aromatic N) is 2. The summed E-state index contributed by atoms with van der Waals surface area (Å²) in [4.78, 5) is 6.91. The van der Waals surface area contributed by atoms with Crippen molar-refractivity contribution in [3.63, 3.8) is 0 Å². The minimum Gasteiger partial charge on any atom is -1.00 e. The number of anilines is 1. The van der Waals surface area contributed by atoms with Gasteiger partial charge in [-0.2, -0.15) is 0 Å². The largest absolute Gasteiger partial charge is 1.00 e. The van der Waals surface area contributed by atoms with Gasteiger partial charge in [-0.25, -0.2) is 0 Å². The van der Waals surface area contributed by atoms with Crippen LogP contribution in [0.4, 0.5) is 5.69 Å². The van der Waals surface area contributed by atoms with E-state index in [1.165, 1.54) is 0 Å². The van der Waals surface area contributed by atoms with Crippen LogP contribution in [0.25, 0.3) is 10.9 Å². The summed E-state index contributed by atoms with van der Waals surface area (Å²) in [6.07, 6.45) is 2.95. The lowest BCUT2D eigenvalue weighted by molar-refractivity contribution is -0.00100. The average molecular weight is 543 g/mol. The number of rotatable bonds is 8. The van der Waals surface area contributed by atoms with E-state index in [4.69, 9.17) is 4.74 Å². The van der Waals surface area contributed by atoms with E-state index < -0.39 is 0 Å². The van der Waals surface area contributed by atoms with E-state index in [2.05, 4.69) is 35.1 Å². The fourth-order valence-electron chi connectivity index (χ4n) is 2.48. The van der Waals surface area contributed by atoms with Gasteiger partial charge >= 0.3 is 2.85 Å². The molecule has 1 N–H and O–H groups in total. The quantitative estimate of drug-likeness (QED) is 0.299. The van der Waals surface area contributed by atoms with Crippen LogP contribution in [0.1, 0.15) is 23.1 Å². The minimum absolute atomic E-state index is 0. The van der Waals surface area contributed by atoms with Crippen LogP contribution in [-0.2, 0) is 0 Å². The molecule has 2 aromatic rings. The smallest absolute Gasteiger partial charge is 1.00 e. The summed E-state index contributed by atoms with van der Waals surface area (Å²) < 4.78 is 5.37. The lowest BCUT2D eigenvalue weighted by atomic mass is 10.1. The number of benzene rings is 1. The van der Waals surface area contributed by atoms with Gasteiger partial charge in [0.25, 0.3) is 0 Å². The predicted molar refractivity (Wildman–Crippen MR) is 91.4 cm³/mol. The topological polar surface area (TPSA) is 37.4 Å². The van der Waals surface area contributed by atoms with Crippen molar-refractivity contribution in [1.82, 2.24) is 9.88 Å². The summed E-state index contributed by atoms with van der Waals surface area (Å²) in [7, 11) is 1.70. The highest BCUT2D eigenvalue weighted by Crippen LogP contribution is 2.27. The lowest BCUT2D eigenvalue weighted by Gasteiger charge is -2.18. The Hall–Kier alpha value is -0.350. The van der Waals surface area contributed by atoms with E-state index in [1.54, 1.807) is 7.11 Å². The third-order valence-corrected chi connectivity index (χ3v) is 3.78. The first-order chi connectivity index (χ1) is 10.3. The Kier molecular flexibility index (Phi) is 11.9. The second-order valence-electron chi connectivity index (χ2n) is 5.06. The number of ether oxygens (including phenoxy) is 1. The van der Waals surface area contributed by atoms with Gasteiger partial charge in [0.1, 0.15) is 5.75 Å². The molecule has 0 aliphatic heterocycles. The number of halogens is 2. The van der Waals surface area contributed by atoms with Crippen LogP contribution < -0.4 is 58.0 Å². The standard InChI is InChI=1S/C17H25N3O.2HI/c1-4-20(5-2)11-7-10-18-16-13-15(21-3)12-14-8-6-9-19-17(14)16;;/h6,8-9,12-13,18H,4-5,7,10-11H2,1-3H3;2*1H. The number of aromatic nitrogens is 1. The molecule has 0 bridgehead atoms. The molecule has 130 valence electrons. The number of methoxy groups -OCH3 is 1. The van der Waals surface area contributed by atoms with Crippen molar-refractivity contribution in [3.05, 3.63) is 30.5 Å². The first kappa shape index (κ1) is 22.6. The summed E-state index contributed by atoms with van der Waals surface area (Å²) in [6.45, 7) is 8.69. The third kappa shape index (κ3) is 6.58. The van der Waals surface area contributed by atoms with Crippen molar-refractivity contribution in [2.24, 2.45) is 0 Å². The maximum Gasteiger partial charge on any atom is 1.00 e. The summed E-state index contributed by atoms with van der Waals surface area (Å²) in [5.74, 6) is 0.863. The van der Waals surface area contributed by atoms with Crippen LogP contribution in [0.3, 0.4) is 0 Å². The van der Waals surface area contributed by atoms with Gasteiger partial charge < -0.3 is 62.9 Å². The van der Waals surface area contributed by atoms with Gasteiger partial charge in [-0.1, -0.05) is 19.9 Å². The van der Waals surface area contributed by atoms with Gasteiger partial charge in [-0.05, 0) is 38.2 Å². The zero-order valence-corrected chi connectivity index (χ0v) is 18.3. The zero-order chi connectivity index (χ0) is 15.1. The number of hydrogen-bond acceptors (Lipinski definition) is 4. The van der Waals surface area contributed by atoms with Crippen LogP contribution in [0.5, 0.6) is 5.75 Å². The van der Waals surface area contributed by atoms with Crippen LogP contribution in [0.2, 0.25) is 0 Å². The Morgan fingerprint density at radius 3 is 2.61 bits per heavy atom. The van der Waals surface area contributed by atoms with Gasteiger partial charge in [-0.15, -0.1) is 0 Å². The summed E-state index contributed by atoms with van der Waals surface area (Å²) >= 11 is 0. The molecule has 0 spiro atoms. The summed E-state index contributed by atoms with van der Waals surface area (Å²) in [5, 5.41) is 4.60. The monoisotopic (exact) mass is 543 g/mol. The molecule has 6 heteroatoms. The molecule has 0 fully saturated rings. The maximum atomic E-state index is 5.37. The molecular formula is C17H27I2N3O. The van der Waals surface area contributed by atoms with E-state index in [9.17, 15) is 0 Å². The fraction of sp³-hybridized carbons (Fsp3) is 0.471. The van der Waals surface area contributed by atoms with Crippen LogP contribution in [0.15, 0.2) is 30.5 Å². The summed E-state index contributed by atoms with van der Waals surface area (Å²) in [5.41, 5.74) is 2.05. The molecule has 1 heterocycles. The van der Waals surface area contributed by atoms with Gasteiger partial charge in [0.2, 0.25) is 0 Å². The molecule has 0 amide bonds. The van der Waals surface area contributed by atoms with Gasteiger partial charge in [-0.3, -0.25) is 4.98 Å². The Morgan fingerprint density at radius 2 is 1.96 bits per heavy atom. The summed E-state index contributed by atoms with van der Waals surface area (Å²) in [6, 6.07) is 8.05. The molecule has 2 rings (SSSR count). The molecule has 0 aliphatic rings. The van der Waals surface area contributed by atoms with Crippen molar-refractivity contribution >= 4 is 16.6 Å². The van der Waals surface area contributed by atoms with E-state index in [1.807, 2.05) is 24.4 Å². The molecule has 23 heavy (non-hydrogen) atoms. The Balaban J connectivity index is -0.00000121. The predicted octanol–water partition coefficient (Wildman–Crippen LogP) is -2.38. The molecule has 0 unspecified atom stereocenters. The molecule has 0 radical (unpaired) electrons. The van der Waals surface area contributed by atoms with Crippen molar-refractivity contribution in [2.75, 3.05) is 38.6 Å². The number of pyridine rings is 1. The Labute approximate surface area is 176 Å². The number of hydrogen-bond donors (Lipinski definition) is 1. The molecule has 0 saturated heterocycles. The van der Waals surface area contributed by atoms with Crippen molar-refractivity contribution < 1.29 is 55.5 Å². The fourth-order valence-corrected chi connectivity index (χ4v) is 2.48. The SMILES string of the molecule is CCN(CC)CCCNc1cc(OC)cc2cccnc12.[H+].[H+].[I-].[I-]. The molecule has 0 aliphatic carbocycles. The second kappa shape index (κ2) is 12.1. The molecular weight excluding hydrogens is 516 g/mol. The number of nitrogens with one attached hydrogen (secondary N) is 1. The highest BCUT2D eigenvalue weighted by Gasteiger charge is 2.05. The molecule has 1 aromatic carbocycles. The zero-order valence-electron chi connectivity index (χ0n) is 16.0. The highest BCUT2D eigenvalue weighted by molar-refractivity contribution is 5.91. The first-order valence-corrected chi connectivity index (χ1v) is 7.67. The molecule has 0 atom stereocenters. The van der Waals surface area contributed by atoms with Crippen LogP contribution >= 0.6 is 0 Å². The first-order valence-electron chi connectivity index (χ1n) is 7.67. The van der Waals surface area contributed by atoms with Gasteiger partial charge in [0.15, 0.2) is 0 Å².